The van der Waals surface area contributed by atoms with Gasteiger partial charge in [0.25, 0.3) is 5.91 Å². The number of nitrogens with one attached hydrogen (secondary N) is 2. The number of ether oxygens (including phenoxy) is 2. The van der Waals surface area contributed by atoms with Gasteiger partial charge in [-0.3, -0.25) is 14.4 Å². The number of carbonyl (C=O) groups excluding carboxylic acids is 3. The zero-order valence-electron chi connectivity index (χ0n) is 21.1. The van der Waals surface area contributed by atoms with Crippen LogP contribution in [0.15, 0.2) is 66.7 Å². The van der Waals surface area contributed by atoms with Gasteiger partial charge in [-0.25, -0.2) is 0 Å². The van der Waals surface area contributed by atoms with Gasteiger partial charge in [0.1, 0.15) is 11.5 Å². The fraction of sp³-hybridized carbons (Fsp3) is 0.276. The number of hydrogen-bond acceptors (Lipinski definition) is 5. The van der Waals surface area contributed by atoms with E-state index in [1.54, 1.807) is 30.3 Å². The highest BCUT2D eigenvalue weighted by atomic mass is 16.5. The molecule has 0 saturated carbocycles. The molecule has 0 unspecified atom stereocenters. The van der Waals surface area contributed by atoms with Crippen molar-refractivity contribution < 1.29 is 23.9 Å². The summed E-state index contributed by atoms with van der Waals surface area (Å²) in [5.41, 5.74) is 4.46. The van der Waals surface area contributed by atoms with Crippen molar-refractivity contribution in [3.63, 3.8) is 0 Å². The van der Waals surface area contributed by atoms with Gasteiger partial charge in [-0.15, -0.1) is 0 Å². The van der Waals surface area contributed by atoms with Crippen molar-refractivity contribution in [2.45, 2.75) is 46.5 Å². The average molecular weight is 489 g/mol. The van der Waals surface area contributed by atoms with Gasteiger partial charge >= 0.3 is 5.97 Å². The van der Waals surface area contributed by atoms with E-state index in [4.69, 9.17) is 9.47 Å². The van der Waals surface area contributed by atoms with Crippen molar-refractivity contribution >= 4 is 29.2 Å². The van der Waals surface area contributed by atoms with E-state index in [2.05, 4.69) is 36.6 Å². The van der Waals surface area contributed by atoms with E-state index in [1.165, 1.54) is 0 Å². The summed E-state index contributed by atoms with van der Waals surface area (Å²) < 4.78 is 11.0. The highest BCUT2D eigenvalue weighted by Crippen LogP contribution is 2.32. The van der Waals surface area contributed by atoms with E-state index in [1.807, 2.05) is 38.1 Å². The van der Waals surface area contributed by atoms with Crippen molar-refractivity contribution in [3.8, 4) is 11.5 Å². The molecule has 2 N–H and O–H groups in total. The van der Waals surface area contributed by atoms with Gasteiger partial charge in [0.15, 0.2) is 6.61 Å². The Labute approximate surface area is 211 Å². The third-order valence-electron chi connectivity index (χ3n) is 5.38. The van der Waals surface area contributed by atoms with Crippen LogP contribution in [0.5, 0.6) is 11.5 Å². The zero-order valence-corrected chi connectivity index (χ0v) is 21.1. The fourth-order valence-electron chi connectivity index (χ4n) is 3.52. The highest BCUT2D eigenvalue weighted by Gasteiger charge is 2.12. The highest BCUT2D eigenvalue weighted by molar-refractivity contribution is 5.94. The molecule has 3 rings (SSSR count). The molecule has 0 bridgehead atoms. The first-order chi connectivity index (χ1) is 17.2. The molecule has 188 valence electrons. The maximum Gasteiger partial charge on any atom is 0.306 e. The molecule has 0 aromatic heterocycles. The molecular formula is C29H32N2O5. The summed E-state index contributed by atoms with van der Waals surface area (Å²) >= 11 is 0. The van der Waals surface area contributed by atoms with Crippen LogP contribution in [0.1, 0.15) is 49.3 Å². The Morgan fingerprint density at radius 1 is 0.778 bits per heavy atom. The second-order valence-corrected chi connectivity index (χ2v) is 8.95. The lowest BCUT2D eigenvalue weighted by Gasteiger charge is -2.15. The largest absolute Gasteiger partial charge is 0.457 e. The molecule has 0 heterocycles. The van der Waals surface area contributed by atoms with Gasteiger partial charge in [-0.05, 0) is 78.9 Å². The molecule has 36 heavy (non-hydrogen) atoms. The van der Waals surface area contributed by atoms with Crippen LogP contribution < -0.4 is 15.4 Å². The van der Waals surface area contributed by atoms with Crippen molar-refractivity contribution in [3.05, 3.63) is 83.4 Å². The smallest absolute Gasteiger partial charge is 0.306 e. The minimum atomic E-state index is -0.618. The number of hydrogen-bond donors (Lipinski definition) is 2. The summed E-state index contributed by atoms with van der Waals surface area (Å²) in [4.78, 5) is 36.1. The van der Waals surface area contributed by atoms with E-state index >= 15 is 0 Å². The van der Waals surface area contributed by atoms with Crippen molar-refractivity contribution in [2.75, 3.05) is 17.2 Å². The first-order valence-electron chi connectivity index (χ1n) is 11.9. The molecule has 3 aromatic rings. The van der Waals surface area contributed by atoms with Gasteiger partial charge in [-0.2, -0.15) is 0 Å². The maximum atomic E-state index is 12.2. The second kappa shape index (κ2) is 12.5. The standard InChI is InChI=1S/C29H32N2O5/c1-19(2)25-13-8-21(4)17-26(25)36-24-11-9-22(10-12-24)30-27(32)14-15-29(34)35-18-28(33)31-23-7-5-6-20(3)16-23/h5-13,16-17,19H,14-15,18H2,1-4H3,(H,30,32)(H,31,33). The van der Waals surface area contributed by atoms with E-state index < -0.39 is 18.5 Å². The molecule has 0 aliphatic carbocycles. The normalized spacial score (nSPS) is 10.6. The molecular weight excluding hydrogens is 456 g/mol. The number of esters is 1. The number of anilines is 2. The van der Waals surface area contributed by atoms with Crippen LogP contribution >= 0.6 is 0 Å². The van der Waals surface area contributed by atoms with Gasteiger partial charge in [0, 0.05) is 17.8 Å². The lowest BCUT2D eigenvalue weighted by molar-refractivity contribution is -0.147. The average Bonchev–Trinajstić information content (AvgIpc) is 2.82. The molecule has 7 nitrogen and oxygen atoms in total. The molecule has 0 radical (unpaired) electrons. The van der Waals surface area contributed by atoms with Crippen LogP contribution in [0.25, 0.3) is 0 Å². The molecule has 2 amide bonds. The third-order valence-corrected chi connectivity index (χ3v) is 5.38. The predicted octanol–water partition coefficient (Wildman–Crippen LogP) is 6.12. The number of amides is 2. The Bertz CT molecular complexity index is 1220. The summed E-state index contributed by atoms with van der Waals surface area (Å²) in [7, 11) is 0. The van der Waals surface area contributed by atoms with Crippen LogP contribution in [0.4, 0.5) is 11.4 Å². The minimum absolute atomic E-state index is 0.0579. The van der Waals surface area contributed by atoms with E-state index in [9.17, 15) is 14.4 Å². The second-order valence-electron chi connectivity index (χ2n) is 8.95. The quantitative estimate of drug-likeness (QED) is 0.335. The molecule has 0 atom stereocenters. The molecule has 0 aliphatic heterocycles. The van der Waals surface area contributed by atoms with Crippen molar-refractivity contribution in [1.82, 2.24) is 0 Å². The van der Waals surface area contributed by atoms with Crippen LogP contribution in [0.2, 0.25) is 0 Å². The monoisotopic (exact) mass is 488 g/mol. The Kier molecular flexibility index (Phi) is 9.22. The van der Waals surface area contributed by atoms with E-state index in [0.29, 0.717) is 23.0 Å². The first kappa shape index (κ1) is 26.5. The molecule has 3 aromatic carbocycles. The zero-order chi connectivity index (χ0) is 26.1. The van der Waals surface area contributed by atoms with Gasteiger partial charge < -0.3 is 20.1 Å². The topological polar surface area (TPSA) is 93.7 Å². The Morgan fingerprint density at radius 2 is 1.47 bits per heavy atom. The lowest BCUT2D eigenvalue weighted by atomic mass is 10.0. The van der Waals surface area contributed by atoms with E-state index in [0.717, 1.165) is 22.4 Å². The lowest BCUT2D eigenvalue weighted by Crippen LogP contribution is -2.21. The molecule has 0 fully saturated rings. The Morgan fingerprint density at radius 3 is 2.17 bits per heavy atom. The van der Waals surface area contributed by atoms with E-state index in [-0.39, 0.29) is 18.7 Å². The van der Waals surface area contributed by atoms with Crippen molar-refractivity contribution in [2.24, 2.45) is 0 Å². The Balaban J connectivity index is 1.42. The Hall–Kier alpha value is -4.13. The maximum absolute atomic E-state index is 12.2. The summed E-state index contributed by atoms with van der Waals surface area (Å²) in [6.07, 6.45) is -0.187. The molecule has 0 aliphatic rings. The summed E-state index contributed by atoms with van der Waals surface area (Å²) in [6.45, 7) is 7.76. The van der Waals surface area contributed by atoms with Gasteiger partial charge in [0.2, 0.25) is 5.91 Å². The minimum Gasteiger partial charge on any atom is -0.457 e. The number of benzene rings is 3. The van der Waals surface area contributed by atoms with Gasteiger partial charge in [0.05, 0.1) is 6.42 Å². The predicted molar refractivity (Wildman–Crippen MR) is 140 cm³/mol. The molecule has 7 heteroatoms. The number of aryl methyl sites for hydroxylation is 2. The number of carbonyl (C=O) groups is 3. The van der Waals surface area contributed by atoms with Gasteiger partial charge in [-0.1, -0.05) is 38.1 Å². The summed E-state index contributed by atoms with van der Waals surface area (Å²) in [6, 6.07) is 20.5. The summed E-state index contributed by atoms with van der Waals surface area (Å²) in [5.74, 6) is 0.416. The fourth-order valence-corrected chi connectivity index (χ4v) is 3.52. The first-order valence-corrected chi connectivity index (χ1v) is 11.9. The van der Waals surface area contributed by atoms with Crippen LogP contribution in [-0.4, -0.2) is 24.4 Å². The molecule has 0 saturated heterocycles. The van der Waals surface area contributed by atoms with Crippen LogP contribution in [-0.2, 0) is 19.1 Å². The third kappa shape index (κ3) is 8.27. The van der Waals surface area contributed by atoms with Crippen LogP contribution in [0.3, 0.4) is 0 Å². The van der Waals surface area contributed by atoms with Crippen molar-refractivity contribution in [1.29, 1.82) is 0 Å². The summed E-state index contributed by atoms with van der Waals surface area (Å²) in [5, 5.41) is 5.41. The number of rotatable bonds is 10. The van der Waals surface area contributed by atoms with Crippen LogP contribution in [0, 0.1) is 13.8 Å². The SMILES string of the molecule is Cc1cccc(NC(=O)COC(=O)CCC(=O)Nc2ccc(Oc3cc(C)ccc3C(C)C)cc2)c1. The molecule has 0 spiro atoms.